The van der Waals surface area contributed by atoms with E-state index in [9.17, 15) is 9.59 Å². The van der Waals surface area contributed by atoms with Gasteiger partial charge in [0.1, 0.15) is 6.04 Å². The van der Waals surface area contributed by atoms with E-state index in [1.165, 1.54) is 4.90 Å². The monoisotopic (exact) mass is 235 g/mol. The van der Waals surface area contributed by atoms with Crippen LogP contribution >= 0.6 is 0 Å². The van der Waals surface area contributed by atoms with Crippen LogP contribution in [0, 0.1) is 0 Å². The van der Waals surface area contributed by atoms with E-state index in [-0.39, 0.29) is 25.5 Å². The molecule has 5 heteroatoms. The van der Waals surface area contributed by atoms with Crippen LogP contribution in [-0.4, -0.2) is 46.2 Å². The third-order valence-corrected chi connectivity index (χ3v) is 2.92. The van der Waals surface area contributed by atoms with Crippen LogP contribution in [0.15, 0.2) is 24.3 Å². The summed E-state index contributed by atoms with van der Waals surface area (Å²) in [6.45, 7) is -0.193. The number of nitrogens with zero attached hydrogens (tertiary/aromatic N) is 1. The molecule has 1 amide bonds. The van der Waals surface area contributed by atoms with Gasteiger partial charge in [-0.15, -0.1) is 0 Å². The smallest absolute Gasteiger partial charge is 0.326 e. The number of carboxylic acid groups (broad SMARTS) is 1. The fourth-order valence-electron chi connectivity index (χ4n) is 2.11. The summed E-state index contributed by atoms with van der Waals surface area (Å²) in [5, 5.41) is 18.0. The number of carbonyl (C=O) groups is 2. The third kappa shape index (κ3) is 2.01. The van der Waals surface area contributed by atoms with Gasteiger partial charge in [-0.3, -0.25) is 4.79 Å². The van der Waals surface area contributed by atoms with E-state index < -0.39 is 12.0 Å². The molecule has 0 aromatic heterocycles. The van der Waals surface area contributed by atoms with Crippen LogP contribution in [-0.2, 0) is 11.2 Å². The second-order valence-electron chi connectivity index (χ2n) is 3.94. The van der Waals surface area contributed by atoms with Gasteiger partial charge in [0.2, 0.25) is 0 Å². The van der Waals surface area contributed by atoms with E-state index in [0.29, 0.717) is 5.56 Å². The maximum Gasteiger partial charge on any atom is 0.326 e. The van der Waals surface area contributed by atoms with Gasteiger partial charge in [0.05, 0.1) is 6.61 Å². The van der Waals surface area contributed by atoms with Crippen molar-refractivity contribution in [2.45, 2.75) is 12.5 Å². The second kappa shape index (κ2) is 4.55. The number of benzene rings is 1. The minimum atomic E-state index is -1.04. The number of aliphatic hydroxyl groups is 1. The molecule has 0 aliphatic carbocycles. The van der Waals surface area contributed by atoms with Crippen molar-refractivity contribution in [1.29, 1.82) is 0 Å². The standard InChI is InChI=1S/C12H13NO4/c14-6-5-13-10(12(16)17)7-8-3-1-2-4-9(8)11(13)15/h1-4,10,14H,5-7H2,(H,16,17)/t10-/m1/s1. The average molecular weight is 235 g/mol. The zero-order valence-corrected chi connectivity index (χ0v) is 9.17. The first-order chi connectivity index (χ1) is 8.15. The van der Waals surface area contributed by atoms with Gasteiger partial charge in [-0.25, -0.2) is 4.79 Å². The number of fused-ring (bicyclic) bond motifs is 1. The van der Waals surface area contributed by atoms with Crippen molar-refractivity contribution in [2.24, 2.45) is 0 Å². The summed E-state index contributed by atoms with van der Waals surface area (Å²) >= 11 is 0. The van der Waals surface area contributed by atoms with Gasteiger partial charge in [0.15, 0.2) is 0 Å². The van der Waals surface area contributed by atoms with Crippen molar-refractivity contribution < 1.29 is 19.8 Å². The fourth-order valence-corrected chi connectivity index (χ4v) is 2.11. The number of carbonyl (C=O) groups excluding carboxylic acids is 1. The topological polar surface area (TPSA) is 77.8 Å². The molecule has 1 aromatic rings. The zero-order chi connectivity index (χ0) is 12.4. The van der Waals surface area contributed by atoms with Crippen LogP contribution in [0.4, 0.5) is 0 Å². The first kappa shape index (κ1) is 11.6. The van der Waals surface area contributed by atoms with Crippen molar-refractivity contribution in [3.63, 3.8) is 0 Å². The highest BCUT2D eigenvalue weighted by molar-refractivity contribution is 5.99. The Kier molecular flexibility index (Phi) is 3.10. The number of hydrogen-bond donors (Lipinski definition) is 2. The molecular weight excluding hydrogens is 222 g/mol. The number of rotatable bonds is 3. The summed E-state index contributed by atoms with van der Waals surface area (Å²) in [5.74, 6) is -1.37. The molecule has 2 N–H and O–H groups in total. The number of carboxylic acids is 1. The average Bonchev–Trinajstić information content (AvgIpc) is 2.32. The lowest BCUT2D eigenvalue weighted by atomic mass is 9.93. The SMILES string of the molecule is O=C(O)[C@H]1Cc2ccccc2C(=O)N1CCO. The van der Waals surface area contributed by atoms with Gasteiger partial charge in [0, 0.05) is 18.5 Å². The van der Waals surface area contributed by atoms with Gasteiger partial charge in [-0.05, 0) is 11.6 Å². The molecular formula is C12H13NO4. The highest BCUT2D eigenvalue weighted by atomic mass is 16.4. The van der Waals surface area contributed by atoms with E-state index in [0.717, 1.165) is 5.56 Å². The molecule has 0 fully saturated rings. The van der Waals surface area contributed by atoms with Crippen LogP contribution in [0.3, 0.4) is 0 Å². The van der Waals surface area contributed by atoms with E-state index in [4.69, 9.17) is 10.2 Å². The van der Waals surface area contributed by atoms with E-state index >= 15 is 0 Å². The molecule has 1 atom stereocenters. The Balaban J connectivity index is 2.40. The number of β-amino-alcohol motifs (C(OH)–C–C–N with tert-alkyl or cyclic N) is 1. The van der Waals surface area contributed by atoms with Gasteiger partial charge >= 0.3 is 5.97 Å². The Hall–Kier alpha value is -1.88. The summed E-state index contributed by atoms with van der Waals surface area (Å²) in [6, 6.07) is 6.09. The molecule has 90 valence electrons. The second-order valence-corrected chi connectivity index (χ2v) is 3.94. The molecule has 0 radical (unpaired) electrons. The number of amides is 1. The molecule has 0 bridgehead atoms. The molecule has 0 saturated heterocycles. The molecule has 5 nitrogen and oxygen atoms in total. The molecule has 1 aliphatic heterocycles. The van der Waals surface area contributed by atoms with Crippen LogP contribution in [0.2, 0.25) is 0 Å². The van der Waals surface area contributed by atoms with Gasteiger partial charge < -0.3 is 15.1 Å². The molecule has 17 heavy (non-hydrogen) atoms. The highest BCUT2D eigenvalue weighted by Gasteiger charge is 2.35. The summed E-state index contributed by atoms with van der Waals surface area (Å²) in [5.41, 5.74) is 1.28. The zero-order valence-electron chi connectivity index (χ0n) is 9.17. The minimum Gasteiger partial charge on any atom is -0.480 e. The van der Waals surface area contributed by atoms with E-state index in [1.807, 2.05) is 0 Å². The predicted octanol–water partition coefficient (Wildman–Crippen LogP) is 0.130. The minimum absolute atomic E-state index is 0.0458. The Morgan fingerprint density at radius 2 is 2.12 bits per heavy atom. The Bertz CT molecular complexity index is 458. The summed E-state index contributed by atoms with van der Waals surface area (Å²) < 4.78 is 0. The number of hydrogen-bond acceptors (Lipinski definition) is 3. The summed E-state index contributed by atoms with van der Waals surface area (Å²) in [6.07, 6.45) is 0.289. The lowest BCUT2D eigenvalue weighted by Crippen LogP contribution is -2.50. The Morgan fingerprint density at radius 3 is 2.76 bits per heavy atom. The van der Waals surface area contributed by atoms with Gasteiger partial charge in [0.25, 0.3) is 5.91 Å². The third-order valence-electron chi connectivity index (χ3n) is 2.92. The predicted molar refractivity (Wildman–Crippen MR) is 59.7 cm³/mol. The van der Waals surface area contributed by atoms with Crippen LogP contribution in [0.5, 0.6) is 0 Å². The van der Waals surface area contributed by atoms with Gasteiger partial charge in [-0.1, -0.05) is 18.2 Å². The maximum absolute atomic E-state index is 12.1. The van der Waals surface area contributed by atoms with E-state index in [2.05, 4.69) is 0 Å². The Morgan fingerprint density at radius 1 is 1.41 bits per heavy atom. The van der Waals surface area contributed by atoms with Crippen molar-refractivity contribution >= 4 is 11.9 Å². The molecule has 0 spiro atoms. The summed E-state index contributed by atoms with van der Waals surface area (Å²) in [7, 11) is 0. The number of aliphatic carboxylic acids is 1. The summed E-state index contributed by atoms with van der Waals surface area (Å²) in [4.78, 5) is 24.4. The van der Waals surface area contributed by atoms with Crippen LogP contribution in [0.25, 0.3) is 0 Å². The quantitative estimate of drug-likeness (QED) is 0.780. The lowest BCUT2D eigenvalue weighted by molar-refractivity contribution is -0.142. The lowest BCUT2D eigenvalue weighted by Gasteiger charge is -2.33. The maximum atomic E-state index is 12.1. The molecule has 0 saturated carbocycles. The van der Waals surface area contributed by atoms with Crippen molar-refractivity contribution in [1.82, 2.24) is 4.90 Å². The highest BCUT2D eigenvalue weighted by Crippen LogP contribution is 2.23. The van der Waals surface area contributed by atoms with Crippen molar-refractivity contribution in [3.8, 4) is 0 Å². The normalized spacial score (nSPS) is 19.0. The molecule has 0 unspecified atom stereocenters. The van der Waals surface area contributed by atoms with Crippen molar-refractivity contribution in [2.75, 3.05) is 13.2 Å². The van der Waals surface area contributed by atoms with Crippen LogP contribution in [0.1, 0.15) is 15.9 Å². The molecule has 1 heterocycles. The molecule has 1 aliphatic rings. The van der Waals surface area contributed by atoms with Crippen molar-refractivity contribution in [3.05, 3.63) is 35.4 Å². The molecule has 1 aromatic carbocycles. The van der Waals surface area contributed by atoms with E-state index in [1.54, 1.807) is 24.3 Å². The van der Waals surface area contributed by atoms with Gasteiger partial charge in [-0.2, -0.15) is 0 Å². The number of aliphatic hydroxyl groups excluding tert-OH is 1. The first-order valence-electron chi connectivity index (χ1n) is 5.37. The van der Waals surface area contributed by atoms with Crippen LogP contribution < -0.4 is 0 Å². The molecule has 2 rings (SSSR count). The largest absolute Gasteiger partial charge is 0.480 e. The Labute approximate surface area is 98.3 Å². The first-order valence-corrected chi connectivity index (χ1v) is 5.37. The fraction of sp³-hybridized carbons (Fsp3) is 0.333.